The first-order valence-corrected chi connectivity index (χ1v) is 6.42. The lowest BCUT2D eigenvalue weighted by Crippen LogP contribution is -2.30. The van der Waals surface area contributed by atoms with Gasteiger partial charge in [-0.2, -0.15) is 0 Å². The highest BCUT2D eigenvalue weighted by atomic mass is 19.1. The third kappa shape index (κ3) is 3.23. The lowest BCUT2D eigenvalue weighted by molar-refractivity contribution is 0.217. The van der Waals surface area contributed by atoms with Crippen LogP contribution in [0.3, 0.4) is 0 Å². The predicted octanol–water partition coefficient (Wildman–Crippen LogP) is 3.00. The molecule has 0 aliphatic heterocycles. The summed E-state index contributed by atoms with van der Waals surface area (Å²) in [5, 5.41) is 0. The molecular weight excluding hydrogens is 262 g/mol. The highest BCUT2D eigenvalue weighted by Gasteiger charge is 2.20. The Balaban J connectivity index is 2.20. The van der Waals surface area contributed by atoms with Gasteiger partial charge in [0.2, 0.25) is 0 Å². The average molecular weight is 280 g/mol. The third-order valence-corrected chi connectivity index (χ3v) is 3.27. The topological polar surface area (TPSA) is 42.4 Å². The molecule has 108 valence electrons. The quantitative estimate of drug-likeness (QED) is 0.915. The Morgan fingerprint density at radius 1 is 1.25 bits per heavy atom. The zero-order valence-electron chi connectivity index (χ0n) is 11.6. The first-order chi connectivity index (χ1) is 9.51. The van der Waals surface area contributed by atoms with Gasteiger partial charge in [0.05, 0.1) is 12.6 Å². The van der Waals surface area contributed by atoms with Crippen molar-refractivity contribution in [2.45, 2.75) is 19.5 Å². The number of aryl methyl sites for hydroxylation is 1. The molecule has 1 aromatic heterocycles. The van der Waals surface area contributed by atoms with E-state index >= 15 is 0 Å². The second kappa shape index (κ2) is 6.15. The van der Waals surface area contributed by atoms with Gasteiger partial charge in [-0.3, -0.25) is 4.90 Å². The maximum absolute atomic E-state index is 13.8. The van der Waals surface area contributed by atoms with E-state index in [1.807, 2.05) is 24.0 Å². The van der Waals surface area contributed by atoms with E-state index in [4.69, 9.17) is 10.2 Å². The van der Waals surface area contributed by atoms with Crippen molar-refractivity contribution in [3.63, 3.8) is 0 Å². The van der Waals surface area contributed by atoms with Crippen LogP contribution in [0.25, 0.3) is 0 Å². The van der Waals surface area contributed by atoms with Gasteiger partial charge in [-0.25, -0.2) is 8.78 Å². The molecule has 0 amide bonds. The van der Waals surface area contributed by atoms with Crippen molar-refractivity contribution in [3.8, 4) is 0 Å². The van der Waals surface area contributed by atoms with Crippen LogP contribution in [-0.2, 0) is 6.54 Å². The number of nitrogens with two attached hydrogens (primary N) is 1. The van der Waals surface area contributed by atoms with Gasteiger partial charge in [0.15, 0.2) is 0 Å². The summed E-state index contributed by atoms with van der Waals surface area (Å²) in [7, 11) is 1.81. The van der Waals surface area contributed by atoms with Crippen LogP contribution in [0, 0.1) is 18.6 Å². The fourth-order valence-electron chi connectivity index (χ4n) is 2.24. The lowest BCUT2D eigenvalue weighted by atomic mass is 10.0. The van der Waals surface area contributed by atoms with Crippen LogP contribution in [0.4, 0.5) is 8.78 Å². The minimum atomic E-state index is -0.470. The highest BCUT2D eigenvalue weighted by Crippen LogP contribution is 2.24. The molecule has 3 nitrogen and oxygen atoms in total. The Morgan fingerprint density at radius 2 is 2.00 bits per heavy atom. The second-order valence-corrected chi connectivity index (χ2v) is 4.84. The molecule has 20 heavy (non-hydrogen) atoms. The molecule has 1 unspecified atom stereocenters. The molecule has 0 aliphatic carbocycles. The molecule has 1 aromatic carbocycles. The number of hydrogen-bond donors (Lipinski definition) is 1. The normalized spacial score (nSPS) is 12.9. The van der Waals surface area contributed by atoms with Crippen LogP contribution in [0.15, 0.2) is 34.7 Å². The summed E-state index contributed by atoms with van der Waals surface area (Å²) in [6.45, 7) is 2.53. The summed E-state index contributed by atoms with van der Waals surface area (Å²) < 4.78 is 32.6. The number of halogens is 2. The molecular formula is C15H18F2N2O. The molecule has 0 radical (unpaired) electrons. The third-order valence-electron chi connectivity index (χ3n) is 3.27. The van der Waals surface area contributed by atoms with Crippen LogP contribution < -0.4 is 5.73 Å². The molecule has 0 aliphatic rings. The molecule has 2 N–H and O–H groups in total. The Morgan fingerprint density at radius 3 is 2.60 bits per heavy atom. The zero-order chi connectivity index (χ0) is 14.7. The summed E-state index contributed by atoms with van der Waals surface area (Å²) in [4.78, 5) is 1.84. The molecule has 0 spiro atoms. The van der Waals surface area contributed by atoms with Gasteiger partial charge < -0.3 is 10.2 Å². The molecule has 2 aromatic rings. The van der Waals surface area contributed by atoms with E-state index in [1.165, 1.54) is 6.07 Å². The van der Waals surface area contributed by atoms with E-state index in [-0.39, 0.29) is 12.1 Å². The van der Waals surface area contributed by atoms with Crippen LogP contribution in [-0.4, -0.2) is 18.5 Å². The number of hydrogen-bond acceptors (Lipinski definition) is 3. The van der Waals surface area contributed by atoms with Crippen LogP contribution >= 0.6 is 0 Å². The van der Waals surface area contributed by atoms with Gasteiger partial charge in [0.25, 0.3) is 0 Å². The Labute approximate surface area is 117 Å². The van der Waals surface area contributed by atoms with Crippen LogP contribution in [0.1, 0.15) is 23.1 Å². The number of furan rings is 1. The maximum atomic E-state index is 13.8. The van der Waals surface area contributed by atoms with E-state index in [2.05, 4.69) is 0 Å². The Bertz CT molecular complexity index is 583. The van der Waals surface area contributed by atoms with Crippen molar-refractivity contribution < 1.29 is 13.2 Å². The van der Waals surface area contributed by atoms with Crippen molar-refractivity contribution in [2.75, 3.05) is 13.6 Å². The second-order valence-electron chi connectivity index (χ2n) is 4.84. The van der Waals surface area contributed by atoms with E-state index in [0.717, 1.165) is 23.7 Å². The number of nitrogens with zero attached hydrogens (tertiary/aromatic N) is 1. The zero-order valence-corrected chi connectivity index (χ0v) is 11.6. The van der Waals surface area contributed by atoms with E-state index in [9.17, 15) is 8.78 Å². The molecule has 1 atom stereocenters. The molecule has 0 saturated carbocycles. The van der Waals surface area contributed by atoms with Crippen molar-refractivity contribution in [1.82, 2.24) is 4.90 Å². The minimum absolute atomic E-state index is 0.191. The van der Waals surface area contributed by atoms with Gasteiger partial charge in [-0.15, -0.1) is 0 Å². The molecule has 1 heterocycles. The predicted molar refractivity (Wildman–Crippen MR) is 73.1 cm³/mol. The van der Waals surface area contributed by atoms with Gasteiger partial charge in [0, 0.05) is 12.1 Å². The summed E-state index contributed by atoms with van der Waals surface area (Å²) >= 11 is 0. The first-order valence-electron chi connectivity index (χ1n) is 6.42. The standard InChI is InChI=1S/C15H18F2N2O/c1-10-3-5-12(20-10)9-19(2)15(8-18)13-7-11(16)4-6-14(13)17/h3-7,15H,8-9,18H2,1-2H3. The van der Waals surface area contributed by atoms with E-state index < -0.39 is 17.7 Å². The fraction of sp³-hybridized carbons (Fsp3) is 0.333. The minimum Gasteiger partial charge on any atom is -0.465 e. The summed E-state index contributed by atoms with van der Waals surface area (Å²) in [6.07, 6.45) is 0. The number of rotatable bonds is 5. The summed E-state index contributed by atoms with van der Waals surface area (Å²) in [5.74, 6) is 0.654. The van der Waals surface area contributed by atoms with Gasteiger partial charge >= 0.3 is 0 Å². The van der Waals surface area contributed by atoms with E-state index in [1.54, 1.807) is 7.05 Å². The Hall–Kier alpha value is -1.72. The maximum Gasteiger partial charge on any atom is 0.128 e. The van der Waals surface area contributed by atoms with Gasteiger partial charge in [-0.05, 0) is 44.3 Å². The molecule has 0 saturated heterocycles. The van der Waals surface area contributed by atoms with Crippen molar-refractivity contribution in [1.29, 1.82) is 0 Å². The molecule has 2 rings (SSSR count). The highest BCUT2D eigenvalue weighted by molar-refractivity contribution is 5.23. The van der Waals surface area contributed by atoms with Crippen LogP contribution in [0.5, 0.6) is 0 Å². The SMILES string of the molecule is Cc1ccc(CN(C)C(CN)c2cc(F)ccc2F)o1. The smallest absolute Gasteiger partial charge is 0.128 e. The van der Waals surface area contributed by atoms with Crippen LogP contribution in [0.2, 0.25) is 0 Å². The summed E-state index contributed by atoms with van der Waals surface area (Å²) in [5.41, 5.74) is 5.98. The molecule has 5 heteroatoms. The lowest BCUT2D eigenvalue weighted by Gasteiger charge is -2.26. The van der Waals surface area contributed by atoms with Gasteiger partial charge in [-0.1, -0.05) is 0 Å². The molecule has 0 fully saturated rings. The van der Waals surface area contributed by atoms with Crippen molar-refractivity contribution in [3.05, 3.63) is 59.1 Å². The largest absolute Gasteiger partial charge is 0.465 e. The van der Waals surface area contributed by atoms with E-state index in [0.29, 0.717) is 6.54 Å². The van der Waals surface area contributed by atoms with Crippen molar-refractivity contribution >= 4 is 0 Å². The summed E-state index contributed by atoms with van der Waals surface area (Å²) in [6, 6.07) is 6.73. The monoisotopic (exact) mass is 280 g/mol. The average Bonchev–Trinajstić information content (AvgIpc) is 2.80. The first kappa shape index (κ1) is 14.7. The van der Waals surface area contributed by atoms with Crippen molar-refractivity contribution in [2.24, 2.45) is 5.73 Å². The number of benzene rings is 1. The Kier molecular flexibility index (Phi) is 4.52. The van der Waals surface area contributed by atoms with Gasteiger partial charge in [0.1, 0.15) is 23.2 Å². The fourth-order valence-corrected chi connectivity index (χ4v) is 2.24. The molecule has 0 bridgehead atoms. The number of likely N-dealkylation sites (N-methyl/N-ethyl adjacent to an activating group) is 1.